The summed E-state index contributed by atoms with van der Waals surface area (Å²) in [6.45, 7) is 4.17. The number of nitrogen functional groups attached to an aromatic ring is 1. The van der Waals surface area contributed by atoms with Gasteiger partial charge in [-0.05, 0) is 6.42 Å². The van der Waals surface area contributed by atoms with Crippen LogP contribution in [0.3, 0.4) is 0 Å². The second-order valence-corrected chi connectivity index (χ2v) is 5.05. The van der Waals surface area contributed by atoms with E-state index in [1.54, 1.807) is 6.92 Å². The molecule has 7 heteroatoms. The summed E-state index contributed by atoms with van der Waals surface area (Å²) in [6, 6.07) is 0.266. The molecule has 0 bridgehead atoms. The predicted octanol–water partition coefficient (Wildman–Crippen LogP) is -0.169. The van der Waals surface area contributed by atoms with E-state index in [4.69, 9.17) is 5.73 Å². The van der Waals surface area contributed by atoms with E-state index in [1.807, 2.05) is 0 Å². The molecular weight excluding hydrogens is 226 g/mol. The van der Waals surface area contributed by atoms with Gasteiger partial charge < -0.3 is 11.1 Å². The van der Waals surface area contributed by atoms with Crippen LogP contribution in [-0.4, -0.2) is 40.1 Å². The summed E-state index contributed by atoms with van der Waals surface area (Å²) in [7, 11) is 0. The van der Waals surface area contributed by atoms with E-state index in [9.17, 15) is 4.79 Å². The molecule has 1 amide bonds. The van der Waals surface area contributed by atoms with Gasteiger partial charge in [0, 0.05) is 26.1 Å². The molecule has 3 N–H and O–H groups in total. The SMILES string of the molecule is CC(=O)NC1CCN(Cc2nnc(N)s2)C1. The van der Waals surface area contributed by atoms with Crippen molar-refractivity contribution in [3.05, 3.63) is 5.01 Å². The van der Waals surface area contributed by atoms with Gasteiger partial charge in [-0.25, -0.2) is 0 Å². The van der Waals surface area contributed by atoms with Crippen molar-refractivity contribution in [2.75, 3.05) is 18.8 Å². The fourth-order valence-corrected chi connectivity index (χ4v) is 2.56. The summed E-state index contributed by atoms with van der Waals surface area (Å²) in [5, 5.41) is 12.1. The highest BCUT2D eigenvalue weighted by atomic mass is 32.1. The van der Waals surface area contributed by atoms with Crippen LogP contribution < -0.4 is 11.1 Å². The maximum atomic E-state index is 10.9. The molecule has 2 heterocycles. The first-order valence-electron chi connectivity index (χ1n) is 5.21. The topological polar surface area (TPSA) is 84.1 Å². The minimum atomic E-state index is 0.0343. The van der Waals surface area contributed by atoms with E-state index < -0.39 is 0 Å². The fourth-order valence-electron chi connectivity index (χ4n) is 1.90. The van der Waals surface area contributed by atoms with Crippen LogP contribution in [0, 0.1) is 0 Å². The first-order chi connectivity index (χ1) is 7.63. The molecule has 0 saturated carbocycles. The van der Waals surface area contributed by atoms with Crippen LogP contribution in [0.1, 0.15) is 18.4 Å². The van der Waals surface area contributed by atoms with Crippen molar-refractivity contribution in [3.63, 3.8) is 0 Å². The Morgan fingerprint density at radius 2 is 2.50 bits per heavy atom. The lowest BCUT2D eigenvalue weighted by atomic mass is 10.3. The fraction of sp³-hybridized carbons (Fsp3) is 0.667. The molecule has 1 aromatic rings. The minimum Gasteiger partial charge on any atom is -0.374 e. The Labute approximate surface area is 97.8 Å². The molecule has 1 aliphatic rings. The summed E-state index contributed by atoms with van der Waals surface area (Å²) in [4.78, 5) is 13.2. The molecule has 2 rings (SSSR count). The number of nitrogens with two attached hydrogens (primary N) is 1. The van der Waals surface area contributed by atoms with Gasteiger partial charge >= 0.3 is 0 Å². The van der Waals surface area contributed by atoms with E-state index >= 15 is 0 Å². The number of rotatable bonds is 3. The van der Waals surface area contributed by atoms with Gasteiger partial charge in [0.1, 0.15) is 5.01 Å². The Balaban J connectivity index is 1.82. The van der Waals surface area contributed by atoms with E-state index in [0.29, 0.717) is 5.13 Å². The maximum absolute atomic E-state index is 10.9. The number of hydrogen-bond donors (Lipinski definition) is 2. The van der Waals surface area contributed by atoms with Crippen LogP contribution in [0.4, 0.5) is 5.13 Å². The maximum Gasteiger partial charge on any atom is 0.217 e. The van der Waals surface area contributed by atoms with Crippen molar-refractivity contribution in [1.29, 1.82) is 0 Å². The summed E-state index contributed by atoms with van der Waals surface area (Å²) in [6.07, 6.45) is 0.994. The van der Waals surface area contributed by atoms with Gasteiger partial charge in [-0.1, -0.05) is 11.3 Å². The molecule has 1 aromatic heterocycles. The number of hydrogen-bond acceptors (Lipinski definition) is 6. The predicted molar refractivity (Wildman–Crippen MR) is 61.8 cm³/mol. The van der Waals surface area contributed by atoms with Crippen LogP contribution in [-0.2, 0) is 11.3 Å². The highest BCUT2D eigenvalue weighted by molar-refractivity contribution is 7.15. The second-order valence-electron chi connectivity index (χ2n) is 3.96. The molecule has 6 nitrogen and oxygen atoms in total. The molecule has 0 aromatic carbocycles. The molecule has 16 heavy (non-hydrogen) atoms. The summed E-state index contributed by atoms with van der Waals surface area (Å²) < 4.78 is 0. The molecule has 0 radical (unpaired) electrons. The first-order valence-corrected chi connectivity index (χ1v) is 6.02. The smallest absolute Gasteiger partial charge is 0.217 e. The number of aromatic nitrogens is 2. The zero-order chi connectivity index (χ0) is 11.5. The molecular formula is C9H15N5OS. The summed E-state index contributed by atoms with van der Waals surface area (Å²) >= 11 is 1.42. The van der Waals surface area contributed by atoms with E-state index in [2.05, 4.69) is 20.4 Å². The molecule has 1 fully saturated rings. The van der Waals surface area contributed by atoms with Crippen molar-refractivity contribution in [2.45, 2.75) is 25.9 Å². The Kier molecular flexibility index (Phi) is 3.35. The number of carbonyl (C=O) groups excluding carboxylic acids is 1. The summed E-state index contributed by atoms with van der Waals surface area (Å²) in [5.74, 6) is 0.0343. The first kappa shape index (κ1) is 11.3. The standard InChI is InChI=1S/C9H15N5OS/c1-6(15)11-7-2-3-14(4-7)5-8-12-13-9(10)16-8/h7H,2-5H2,1H3,(H2,10,13)(H,11,15). The van der Waals surface area contributed by atoms with E-state index in [0.717, 1.165) is 31.1 Å². The average Bonchev–Trinajstić information content (AvgIpc) is 2.76. The van der Waals surface area contributed by atoms with Gasteiger partial charge in [-0.2, -0.15) is 0 Å². The van der Waals surface area contributed by atoms with E-state index in [-0.39, 0.29) is 11.9 Å². The number of amides is 1. The average molecular weight is 241 g/mol. The van der Waals surface area contributed by atoms with Crippen LogP contribution in [0.25, 0.3) is 0 Å². The van der Waals surface area contributed by atoms with Gasteiger partial charge in [0.25, 0.3) is 0 Å². The number of carbonyl (C=O) groups is 1. The lowest BCUT2D eigenvalue weighted by molar-refractivity contribution is -0.119. The number of likely N-dealkylation sites (tertiary alicyclic amines) is 1. The van der Waals surface area contributed by atoms with Gasteiger partial charge in [-0.15, -0.1) is 10.2 Å². The third-order valence-corrected chi connectivity index (χ3v) is 3.26. The van der Waals surface area contributed by atoms with Gasteiger partial charge in [0.15, 0.2) is 0 Å². The number of nitrogens with zero attached hydrogens (tertiary/aromatic N) is 3. The highest BCUT2D eigenvalue weighted by Crippen LogP contribution is 2.17. The Morgan fingerprint density at radius 3 is 3.12 bits per heavy atom. The zero-order valence-corrected chi connectivity index (χ0v) is 9.96. The van der Waals surface area contributed by atoms with Crippen molar-refractivity contribution in [2.24, 2.45) is 0 Å². The van der Waals surface area contributed by atoms with Gasteiger partial charge in [0.05, 0.1) is 6.54 Å². The van der Waals surface area contributed by atoms with Crippen LogP contribution in [0.2, 0.25) is 0 Å². The Bertz CT molecular complexity index is 380. The Hall–Kier alpha value is -1.21. The molecule has 1 atom stereocenters. The molecule has 0 spiro atoms. The number of nitrogens with one attached hydrogen (secondary N) is 1. The molecule has 1 saturated heterocycles. The van der Waals surface area contributed by atoms with Gasteiger partial charge in [0.2, 0.25) is 11.0 Å². The third-order valence-electron chi connectivity index (χ3n) is 2.52. The number of anilines is 1. The quantitative estimate of drug-likeness (QED) is 0.767. The van der Waals surface area contributed by atoms with Crippen molar-refractivity contribution < 1.29 is 4.79 Å². The Morgan fingerprint density at radius 1 is 1.69 bits per heavy atom. The molecule has 0 aliphatic carbocycles. The molecule has 88 valence electrons. The summed E-state index contributed by atoms with van der Waals surface area (Å²) in [5.41, 5.74) is 5.52. The van der Waals surface area contributed by atoms with Crippen LogP contribution in [0.15, 0.2) is 0 Å². The monoisotopic (exact) mass is 241 g/mol. The second kappa shape index (κ2) is 4.75. The van der Waals surface area contributed by atoms with Crippen molar-refractivity contribution >= 4 is 22.4 Å². The van der Waals surface area contributed by atoms with E-state index in [1.165, 1.54) is 11.3 Å². The van der Waals surface area contributed by atoms with Crippen molar-refractivity contribution in [3.8, 4) is 0 Å². The normalized spacial score (nSPS) is 21.2. The largest absolute Gasteiger partial charge is 0.374 e. The van der Waals surface area contributed by atoms with Crippen molar-refractivity contribution in [1.82, 2.24) is 20.4 Å². The third kappa shape index (κ3) is 2.89. The van der Waals surface area contributed by atoms with Crippen LogP contribution >= 0.6 is 11.3 Å². The lowest BCUT2D eigenvalue weighted by Gasteiger charge is -2.14. The lowest BCUT2D eigenvalue weighted by Crippen LogP contribution is -2.35. The van der Waals surface area contributed by atoms with Crippen LogP contribution in [0.5, 0.6) is 0 Å². The minimum absolute atomic E-state index is 0.0343. The zero-order valence-electron chi connectivity index (χ0n) is 9.14. The molecule has 1 unspecified atom stereocenters. The highest BCUT2D eigenvalue weighted by Gasteiger charge is 2.23. The molecule has 1 aliphatic heterocycles. The van der Waals surface area contributed by atoms with Gasteiger partial charge in [-0.3, -0.25) is 9.69 Å².